The molecule has 0 radical (unpaired) electrons. The molecule has 4 nitrogen and oxygen atoms in total. The maximum absolute atomic E-state index is 10.5. The van der Waals surface area contributed by atoms with Crippen molar-refractivity contribution in [3.63, 3.8) is 0 Å². The van der Waals surface area contributed by atoms with Gasteiger partial charge in [0.1, 0.15) is 18.1 Å². The Morgan fingerprint density at radius 1 is 0.893 bits per heavy atom. The van der Waals surface area contributed by atoms with Crippen LogP contribution in [0.1, 0.15) is 5.56 Å². The zero-order valence-electron chi connectivity index (χ0n) is 14.7. The van der Waals surface area contributed by atoms with E-state index in [2.05, 4.69) is 10.2 Å². The lowest BCUT2D eigenvalue weighted by Gasteiger charge is -2.10. The van der Waals surface area contributed by atoms with Gasteiger partial charge in [0.25, 0.3) is 0 Å². The molecule has 6 heteroatoms. The predicted molar refractivity (Wildman–Crippen MR) is 112 cm³/mol. The van der Waals surface area contributed by atoms with Crippen LogP contribution >= 0.6 is 23.2 Å². The van der Waals surface area contributed by atoms with Crippen molar-refractivity contribution in [1.82, 2.24) is 10.2 Å². The Morgan fingerprint density at radius 2 is 1.71 bits per heavy atom. The van der Waals surface area contributed by atoms with Crippen LogP contribution in [0.2, 0.25) is 10.0 Å². The second-order valence-electron chi connectivity index (χ2n) is 6.24. The van der Waals surface area contributed by atoms with Crippen LogP contribution in [0.4, 0.5) is 0 Å². The Labute approximate surface area is 172 Å². The standard InChI is InChI=1S/C22H16Cl2N2O2/c23-19-9-6-14(10-20(19)24)13-28-16-7-8-17(21(27)11-16)22-18(12-25-26-22)15-4-2-1-3-5-15/h1-12,27H,13H2,(H,25,26). The number of ether oxygens (including phenoxy) is 1. The fraction of sp³-hybridized carbons (Fsp3) is 0.0455. The van der Waals surface area contributed by atoms with Crippen molar-refractivity contribution in [2.24, 2.45) is 0 Å². The van der Waals surface area contributed by atoms with Crippen molar-refractivity contribution < 1.29 is 9.84 Å². The zero-order valence-corrected chi connectivity index (χ0v) is 16.2. The summed E-state index contributed by atoms with van der Waals surface area (Å²) in [6.45, 7) is 0.314. The Morgan fingerprint density at radius 3 is 2.46 bits per heavy atom. The molecule has 0 saturated carbocycles. The number of halogens is 2. The van der Waals surface area contributed by atoms with Crippen LogP contribution in [0.5, 0.6) is 11.5 Å². The minimum Gasteiger partial charge on any atom is -0.507 e. The third-order valence-corrected chi connectivity index (χ3v) is 5.09. The van der Waals surface area contributed by atoms with Crippen LogP contribution in [0, 0.1) is 0 Å². The highest BCUT2D eigenvalue weighted by Gasteiger charge is 2.14. The summed E-state index contributed by atoms with van der Waals surface area (Å²) in [6.07, 6.45) is 1.75. The Balaban J connectivity index is 1.56. The Kier molecular flexibility index (Phi) is 5.24. The first-order valence-electron chi connectivity index (χ1n) is 8.61. The number of hydrogen-bond acceptors (Lipinski definition) is 3. The molecule has 1 heterocycles. The number of nitrogens with zero attached hydrogens (tertiary/aromatic N) is 1. The highest BCUT2D eigenvalue weighted by Crippen LogP contribution is 2.37. The molecule has 4 rings (SSSR count). The molecule has 0 aliphatic heterocycles. The highest BCUT2D eigenvalue weighted by molar-refractivity contribution is 6.42. The van der Waals surface area contributed by atoms with Crippen LogP contribution < -0.4 is 4.74 Å². The monoisotopic (exact) mass is 410 g/mol. The summed E-state index contributed by atoms with van der Waals surface area (Å²) >= 11 is 12.0. The van der Waals surface area contributed by atoms with E-state index >= 15 is 0 Å². The fourth-order valence-corrected chi connectivity index (χ4v) is 3.26. The maximum Gasteiger partial charge on any atom is 0.128 e. The van der Waals surface area contributed by atoms with Gasteiger partial charge >= 0.3 is 0 Å². The van der Waals surface area contributed by atoms with Crippen LogP contribution in [0.25, 0.3) is 22.4 Å². The molecule has 0 amide bonds. The minimum absolute atomic E-state index is 0.105. The van der Waals surface area contributed by atoms with Crippen molar-refractivity contribution >= 4 is 23.2 Å². The van der Waals surface area contributed by atoms with Gasteiger partial charge in [0, 0.05) is 17.2 Å². The number of rotatable bonds is 5. The van der Waals surface area contributed by atoms with E-state index in [0.717, 1.165) is 22.4 Å². The predicted octanol–water partition coefficient (Wildman–Crippen LogP) is 6.34. The highest BCUT2D eigenvalue weighted by atomic mass is 35.5. The lowest BCUT2D eigenvalue weighted by molar-refractivity contribution is 0.304. The molecule has 4 aromatic rings. The number of aromatic nitrogens is 2. The van der Waals surface area contributed by atoms with E-state index in [0.29, 0.717) is 28.0 Å². The van der Waals surface area contributed by atoms with E-state index in [4.69, 9.17) is 27.9 Å². The molecule has 0 fully saturated rings. The molecular weight excluding hydrogens is 395 g/mol. The van der Waals surface area contributed by atoms with Crippen molar-refractivity contribution in [2.75, 3.05) is 0 Å². The molecule has 1 aromatic heterocycles. The average Bonchev–Trinajstić information content (AvgIpc) is 3.19. The topological polar surface area (TPSA) is 58.1 Å². The Bertz CT molecular complexity index is 1110. The van der Waals surface area contributed by atoms with Crippen LogP contribution in [0.15, 0.2) is 72.9 Å². The number of H-pyrrole nitrogens is 1. The number of benzene rings is 3. The van der Waals surface area contributed by atoms with Gasteiger partial charge in [0.15, 0.2) is 0 Å². The number of phenols is 1. The molecule has 0 aliphatic carbocycles. The first-order valence-corrected chi connectivity index (χ1v) is 9.36. The summed E-state index contributed by atoms with van der Waals surface area (Å²) in [5.74, 6) is 0.654. The van der Waals surface area contributed by atoms with Gasteiger partial charge in [-0.15, -0.1) is 0 Å². The SMILES string of the molecule is Oc1cc(OCc2ccc(Cl)c(Cl)c2)ccc1-c1[nH]ncc1-c1ccccc1. The summed E-state index contributed by atoms with van der Waals surface area (Å²) in [7, 11) is 0. The fourth-order valence-electron chi connectivity index (χ4n) is 2.94. The minimum atomic E-state index is 0.105. The van der Waals surface area contributed by atoms with Gasteiger partial charge in [0.2, 0.25) is 0 Å². The van der Waals surface area contributed by atoms with Crippen LogP contribution in [-0.4, -0.2) is 15.3 Å². The van der Waals surface area contributed by atoms with E-state index in [-0.39, 0.29) is 5.75 Å². The van der Waals surface area contributed by atoms with Crippen LogP contribution in [-0.2, 0) is 6.61 Å². The first kappa shape index (κ1) is 18.4. The van der Waals surface area contributed by atoms with E-state index < -0.39 is 0 Å². The molecule has 0 spiro atoms. The van der Waals surface area contributed by atoms with Gasteiger partial charge in [-0.25, -0.2) is 0 Å². The van der Waals surface area contributed by atoms with Gasteiger partial charge in [-0.1, -0.05) is 59.6 Å². The summed E-state index contributed by atoms with van der Waals surface area (Å²) in [6, 6.07) is 20.4. The van der Waals surface area contributed by atoms with Gasteiger partial charge < -0.3 is 9.84 Å². The van der Waals surface area contributed by atoms with Crippen molar-refractivity contribution in [3.05, 3.63) is 88.5 Å². The van der Waals surface area contributed by atoms with Gasteiger partial charge in [-0.3, -0.25) is 5.10 Å². The normalized spacial score (nSPS) is 10.8. The second-order valence-corrected chi connectivity index (χ2v) is 7.06. The van der Waals surface area contributed by atoms with Crippen molar-refractivity contribution in [1.29, 1.82) is 0 Å². The first-order chi connectivity index (χ1) is 13.6. The molecule has 0 unspecified atom stereocenters. The zero-order chi connectivity index (χ0) is 19.5. The number of aromatic hydroxyl groups is 1. The molecule has 28 heavy (non-hydrogen) atoms. The maximum atomic E-state index is 10.5. The average molecular weight is 411 g/mol. The number of hydrogen-bond donors (Lipinski definition) is 2. The summed E-state index contributed by atoms with van der Waals surface area (Å²) in [5.41, 5.74) is 4.22. The van der Waals surface area contributed by atoms with Gasteiger partial charge in [0.05, 0.1) is 21.9 Å². The molecule has 0 aliphatic rings. The summed E-state index contributed by atoms with van der Waals surface area (Å²) < 4.78 is 5.77. The molecule has 2 N–H and O–H groups in total. The third kappa shape index (κ3) is 3.84. The molecule has 140 valence electrons. The Hall–Kier alpha value is -2.95. The van der Waals surface area contributed by atoms with Crippen molar-refractivity contribution in [2.45, 2.75) is 6.61 Å². The number of phenolic OH excluding ortho intramolecular Hbond substituents is 1. The van der Waals surface area contributed by atoms with Gasteiger partial charge in [-0.2, -0.15) is 5.10 Å². The smallest absolute Gasteiger partial charge is 0.128 e. The molecular formula is C22H16Cl2N2O2. The van der Waals surface area contributed by atoms with E-state index in [1.54, 1.807) is 30.5 Å². The molecule has 3 aromatic carbocycles. The lowest BCUT2D eigenvalue weighted by atomic mass is 10.0. The number of nitrogens with one attached hydrogen (secondary N) is 1. The van der Waals surface area contributed by atoms with Crippen LogP contribution in [0.3, 0.4) is 0 Å². The molecule has 0 atom stereocenters. The number of aromatic amines is 1. The largest absolute Gasteiger partial charge is 0.507 e. The molecule has 0 saturated heterocycles. The summed E-state index contributed by atoms with van der Waals surface area (Å²) in [5, 5.41) is 18.6. The van der Waals surface area contributed by atoms with E-state index in [1.165, 1.54) is 0 Å². The summed E-state index contributed by atoms with van der Waals surface area (Å²) in [4.78, 5) is 0. The lowest BCUT2D eigenvalue weighted by Crippen LogP contribution is -1.95. The quantitative estimate of drug-likeness (QED) is 0.403. The molecule has 0 bridgehead atoms. The van der Waals surface area contributed by atoms with Crippen molar-refractivity contribution in [3.8, 4) is 33.9 Å². The van der Waals surface area contributed by atoms with E-state index in [9.17, 15) is 5.11 Å². The second kappa shape index (κ2) is 7.97. The van der Waals surface area contributed by atoms with Gasteiger partial charge in [-0.05, 0) is 35.4 Å². The third-order valence-electron chi connectivity index (χ3n) is 4.35. The van der Waals surface area contributed by atoms with E-state index in [1.807, 2.05) is 42.5 Å².